The van der Waals surface area contributed by atoms with Crippen LogP contribution in [-0.4, -0.2) is 60.9 Å². The number of carbonyl (C=O) groups excluding carboxylic acids is 2. The van der Waals surface area contributed by atoms with Gasteiger partial charge in [0, 0.05) is 19.4 Å². The molecule has 0 saturated carbocycles. The summed E-state index contributed by atoms with van der Waals surface area (Å²) in [5.41, 5.74) is 0. The van der Waals surface area contributed by atoms with Crippen LogP contribution in [-0.2, 0) is 19.1 Å². The number of carbonyl (C=O) groups is 2. The molecule has 0 bridgehead atoms. The summed E-state index contributed by atoms with van der Waals surface area (Å²) in [5, 5.41) is 8.96. The lowest BCUT2D eigenvalue weighted by Crippen LogP contribution is -2.27. The maximum atomic E-state index is 12.9. The van der Waals surface area contributed by atoms with Gasteiger partial charge in [0.25, 0.3) is 0 Å². The largest absolute Gasteiger partial charge is 0.466 e. The fourth-order valence-corrected chi connectivity index (χ4v) is 8.60. The van der Waals surface area contributed by atoms with Crippen molar-refractivity contribution in [2.45, 2.75) is 303 Å². The van der Waals surface area contributed by atoms with E-state index in [4.69, 9.17) is 14.6 Å². The van der Waals surface area contributed by atoms with Crippen LogP contribution in [0.15, 0.2) is 0 Å². The van der Waals surface area contributed by atoms with E-state index < -0.39 is 0 Å². The molecule has 0 radical (unpaired) electrons. The molecular formula is C54H107NO5. The minimum absolute atomic E-state index is 0.00834. The summed E-state index contributed by atoms with van der Waals surface area (Å²) < 4.78 is 11.6. The van der Waals surface area contributed by atoms with Gasteiger partial charge in [0.05, 0.1) is 6.61 Å². The van der Waals surface area contributed by atoms with Gasteiger partial charge in [-0.25, -0.2) is 0 Å². The third kappa shape index (κ3) is 46.4. The molecule has 0 aliphatic carbocycles. The summed E-state index contributed by atoms with van der Waals surface area (Å²) in [7, 11) is 0. The number of aliphatic hydroxyl groups is 1. The van der Waals surface area contributed by atoms with Gasteiger partial charge in [-0.3, -0.25) is 9.59 Å². The van der Waals surface area contributed by atoms with Crippen LogP contribution >= 0.6 is 0 Å². The Labute approximate surface area is 375 Å². The normalized spacial score (nSPS) is 11.6. The molecule has 0 fully saturated rings. The molecule has 6 heteroatoms. The van der Waals surface area contributed by atoms with E-state index in [-0.39, 0.29) is 18.0 Å². The zero-order valence-corrected chi connectivity index (χ0v) is 41.0. The number of aliphatic hydroxyl groups excluding tert-OH is 1. The molecule has 0 heterocycles. The highest BCUT2D eigenvalue weighted by Crippen LogP contribution is 2.19. The summed E-state index contributed by atoms with van der Waals surface area (Å²) in [6.45, 7) is 11.2. The van der Waals surface area contributed by atoms with Crippen LogP contribution in [0, 0.1) is 0 Å². The summed E-state index contributed by atoms with van der Waals surface area (Å²) >= 11 is 0. The second kappa shape index (κ2) is 50.5. The fraction of sp³-hybridized carbons (Fsp3) is 0.963. The Morgan fingerprint density at radius 2 is 0.700 bits per heavy atom. The van der Waals surface area contributed by atoms with Crippen molar-refractivity contribution in [2.24, 2.45) is 0 Å². The SMILES string of the molecule is CCCCCCCCCCCOC(=O)CCCCCN(CCCCCCCCCCCCO)CCCCCCCC(=O)OC(CCCCCCCC)CCCCCCCC. The van der Waals surface area contributed by atoms with E-state index in [0.29, 0.717) is 26.1 Å². The number of ether oxygens (including phenoxy) is 2. The van der Waals surface area contributed by atoms with Crippen molar-refractivity contribution in [1.82, 2.24) is 4.90 Å². The maximum Gasteiger partial charge on any atom is 0.306 e. The number of nitrogens with zero attached hydrogens (tertiary/aromatic N) is 1. The first-order chi connectivity index (χ1) is 29.6. The Bertz CT molecular complexity index is 836. The first kappa shape index (κ1) is 58.9. The van der Waals surface area contributed by atoms with Crippen molar-refractivity contribution in [3.8, 4) is 0 Å². The lowest BCUT2D eigenvalue weighted by molar-refractivity contribution is -0.150. The topological polar surface area (TPSA) is 76.1 Å². The van der Waals surface area contributed by atoms with Crippen molar-refractivity contribution >= 4 is 11.9 Å². The lowest BCUT2D eigenvalue weighted by atomic mass is 10.0. The fourth-order valence-electron chi connectivity index (χ4n) is 8.60. The number of esters is 2. The van der Waals surface area contributed by atoms with E-state index in [1.807, 2.05) is 0 Å². The standard InChI is InChI=1S/C54H107NO5/c1-4-7-10-13-16-21-24-32-42-51-59-53(57)45-37-33-40-49-55(47-38-29-22-19-17-18-20-23-31-41-50-56)48-39-30-25-28-36-46-54(58)60-52(43-34-26-14-11-8-5-2)44-35-27-15-12-9-6-3/h52,56H,4-51H2,1-3H3. The molecule has 0 amide bonds. The maximum absolute atomic E-state index is 12.9. The lowest BCUT2D eigenvalue weighted by Gasteiger charge is -2.22. The molecule has 0 aromatic carbocycles. The molecule has 0 atom stereocenters. The number of unbranched alkanes of at least 4 members (excludes halogenated alkanes) is 33. The highest BCUT2D eigenvalue weighted by atomic mass is 16.5. The second-order valence-electron chi connectivity index (χ2n) is 18.7. The van der Waals surface area contributed by atoms with Crippen LogP contribution in [0.5, 0.6) is 0 Å². The molecular weight excluding hydrogens is 743 g/mol. The highest BCUT2D eigenvalue weighted by Gasteiger charge is 2.14. The van der Waals surface area contributed by atoms with Crippen molar-refractivity contribution in [3.63, 3.8) is 0 Å². The molecule has 358 valence electrons. The Balaban J connectivity index is 4.43. The van der Waals surface area contributed by atoms with E-state index in [0.717, 1.165) is 70.9 Å². The van der Waals surface area contributed by atoms with Gasteiger partial charge in [-0.1, -0.05) is 213 Å². The van der Waals surface area contributed by atoms with Crippen molar-refractivity contribution < 1.29 is 24.2 Å². The Morgan fingerprint density at radius 3 is 1.12 bits per heavy atom. The van der Waals surface area contributed by atoms with Gasteiger partial charge in [-0.05, 0) is 90.3 Å². The van der Waals surface area contributed by atoms with Crippen LogP contribution in [0.3, 0.4) is 0 Å². The van der Waals surface area contributed by atoms with Crippen LogP contribution in [0.4, 0.5) is 0 Å². The summed E-state index contributed by atoms with van der Waals surface area (Å²) in [4.78, 5) is 27.9. The summed E-state index contributed by atoms with van der Waals surface area (Å²) in [6.07, 6.45) is 51.9. The summed E-state index contributed by atoms with van der Waals surface area (Å²) in [5.74, 6) is 0.0271. The average Bonchev–Trinajstić information content (AvgIpc) is 3.24. The smallest absolute Gasteiger partial charge is 0.306 e. The van der Waals surface area contributed by atoms with Crippen LogP contribution in [0.1, 0.15) is 297 Å². The number of hydrogen-bond acceptors (Lipinski definition) is 6. The average molecular weight is 850 g/mol. The van der Waals surface area contributed by atoms with E-state index in [1.54, 1.807) is 0 Å². The third-order valence-electron chi connectivity index (χ3n) is 12.7. The molecule has 0 unspecified atom stereocenters. The van der Waals surface area contributed by atoms with Crippen LogP contribution in [0.25, 0.3) is 0 Å². The second-order valence-corrected chi connectivity index (χ2v) is 18.7. The minimum atomic E-state index is -0.00834. The Morgan fingerprint density at radius 1 is 0.383 bits per heavy atom. The van der Waals surface area contributed by atoms with Gasteiger partial charge in [0.15, 0.2) is 0 Å². The van der Waals surface area contributed by atoms with Gasteiger partial charge >= 0.3 is 11.9 Å². The molecule has 0 aliphatic heterocycles. The van der Waals surface area contributed by atoms with Crippen LogP contribution < -0.4 is 0 Å². The van der Waals surface area contributed by atoms with Gasteiger partial charge < -0.3 is 19.5 Å². The molecule has 0 spiro atoms. The minimum Gasteiger partial charge on any atom is -0.466 e. The zero-order valence-electron chi connectivity index (χ0n) is 41.0. The van der Waals surface area contributed by atoms with Crippen LogP contribution in [0.2, 0.25) is 0 Å². The molecule has 0 aliphatic rings. The molecule has 60 heavy (non-hydrogen) atoms. The van der Waals surface area contributed by atoms with Gasteiger partial charge in [0.1, 0.15) is 6.10 Å². The Kier molecular flexibility index (Phi) is 49.5. The monoisotopic (exact) mass is 850 g/mol. The van der Waals surface area contributed by atoms with Gasteiger partial charge in [-0.15, -0.1) is 0 Å². The first-order valence-corrected chi connectivity index (χ1v) is 27.3. The number of rotatable bonds is 51. The molecule has 6 nitrogen and oxygen atoms in total. The van der Waals surface area contributed by atoms with Crippen molar-refractivity contribution in [2.75, 3.05) is 32.8 Å². The van der Waals surface area contributed by atoms with E-state index in [1.165, 1.54) is 212 Å². The molecule has 0 rings (SSSR count). The molecule has 0 saturated heterocycles. The zero-order chi connectivity index (χ0) is 43.7. The van der Waals surface area contributed by atoms with E-state index >= 15 is 0 Å². The first-order valence-electron chi connectivity index (χ1n) is 27.3. The third-order valence-corrected chi connectivity index (χ3v) is 12.7. The molecule has 0 aromatic rings. The highest BCUT2D eigenvalue weighted by molar-refractivity contribution is 5.69. The van der Waals surface area contributed by atoms with E-state index in [2.05, 4.69) is 25.7 Å². The Hall–Kier alpha value is -1.14. The molecule has 0 aromatic heterocycles. The number of hydrogen-bond donors (Lipinski definition) is 1. The quantitative estimate of drug-likeness (QED) is 0.0485. The predicted molar refractivity (Wildman–Crippen MR) is 260 cm³/mol. The van der Waals surface area contributed by atoms with E-state index in [9.17, 15) is 9.59 Å². The molecule has 1 N–H and O–H groups in total. The predicted octanol–water partition coefficient (Wildman–Crippen LogP) is 16.6. The van der Waals surface area contributed by atoms with Crippen molar-refractivity contribution in [1.29, 1.82) is 0 Å². The summed E-state index contributed by atoms with van der Waals surface area (Å²) in [6, 6.07) is 0. The van der Waals surface area contributed by atoms with Gasteiger partial charge in [-0.2, -0.15) is 0 Å². The van der Waals surface area contributed by atoms with Gasteiger partial charge in [0.2, 0.25) is 0 Å². The van der Waals surface area contributed by atoms with Crippen molar-refractivity contribution in [3.05, 3.63) is 0 Å².